The molecule has 0 aliphatic carbocycles. The number of nitrogens with one attached hydrogen (secondary N) is 1. The lowest BCUT2D eigenvalue weighted by Gasteiger charge is -2.32. The molecule has 1 aromatic rings. The van der Waals surface area contributed by atoms with Crippen LogP contribution in [0.15, 0.2) is 18.2 Å². The zero-order valence-corrected chi connectivity index (χ0v) is 14.8. The minimum Gasteiger partial charge on any atom is -0.495 e. The maximum Gasteiger partial charge on any atom is 0.321 e. The molecule has 2 aliphatic rings. The van der Waals surface area contributed by atoms with Crippen molar-refractivity contribution in [2.75, 3.05) is 44.1 Å². The molecule has 0 saturated carbocycles. The highest BCUT2D eigenvalue weighted by atomic mass is 16.5. The second-order valence-corrected chi connectivity index (χ2v) is 6.41. The van der Waals surface area contributed by atoms with Crippen LogP contribution in [0.2, 0.25) is 0 Å². The summed E-state index contributed by atoms with van der Waals surface area (Å²) in [6.07, 6.45) is 3.39. The number of piperidine rings is 1. The first-order chi connectivity index (χ1) is 12.1. The lowest BCUT2D eigenvalue weighted by molar-refractivity contribution is -0.117. The van der Waals surface area contributed by atoms with E-state index >= 15 is 0 Å². The number of nitrogens with zero attached hydrogens (tertiary/aromatic N) is 2. The van der Waals surface area contributed by atoms with Crippen molar-refractivity contribution in [2.24, 2.45) is 0 Å². The van der Waals surface area contributed by atoms with E-state index in [-0.39, 0.29) is 18.0 Å². The Balaban J connectivity index is 1.74. The van der Waals surface area contributed by atoms with Gasteiger partial charge in [-0.2, -0.15) is 0 Å². The van der Waals surface area contributed by atoms with Gasteiger partial charge in [0.25, 0.3) is 0 Å². The second-order valence-electron chi connectivity index (χ2n) is 6.41. The molecule has 0 radical (unpaired) electrons. The number of carbonyl (C=O) groups is 2. The van der Waals surface area contributed by atoms with E-state index in [1.54, 1.807) is 42.2 Å². The van der Waals surface area contributed by atoms with Gasteiger partial charge < -0.3 is 24.6 Å². The van der Waals surface area contributed by atoms with Gasteiger partial charge in [0.05, 0.1) is 18.9 Å². The van der Waals surface area contributed by atoms with Crippen molar-refractivity contribution in [3.05, 3.63) is 18.2 Å². The Bertz CT molecular complexity index is 649. The Labute approximate surface area is 147 Å². The number of methoxy groups -OCH3 is 2. The molecule has 1 atom stereocenters. The third-order valence-corrected chi connectivity index (χ3v) is 4.79. The first kappa shape index (κ1) is 17.5. The molecule has 3 rings (SSSR count). The molecule has 1 N–H and O–H groups in total. The molecule has 0 bridgehead atoms. The minimum atomic E-state index is -0.148. The number of amides is 3. The Morgan fingerprint density at radius 2 is 2.08 bits per heavy atom. The van der Waals surface area contributed by atoms with E-state index < -0.39 is 0 Å². The van der Waals surface area contributed by atoms with Gasteiger partial charge in [0.1, 0.15) is 5.75 Å². The summed E-state index contributed by atoms with van der Waals surface area (Å²) in [5.41, 5.74) is 1.36. The number of likely N-dealkylation sites (tertiary alicyclic amines) is 1. The van der Waals surface area contributed by atoms with Crippen molar-refractivity contribution < 1.29 is 19.1 Å². The first-order valence-electron chi connectivity index (χ1n) is 8.69. The van der Waals surface area contributed by atoms with Crippen molar-refractivity contribution in [1.82, 2.24) is 4.90 Å². The van der Waals surface area contributed by atoms with Gasteiger partial charge in [0.2, 0.25) is 5.91 Å². The van der Waals surface area contributed by atoms with Gasteiger partial charge in [-0.15, -0.1) is 0 Å². The van der Waals surface area contributed by atoms with Gasteiger partial charge in [-0.05, 0) is 37.5 Å². The molecule has 2 aliphatic heterocycles. The largest absolute Gasteiger partial charge is 0.495 e. The summed E-state index contributed by atoms with van der Waals surface area (Å²) in [6, 6.07) is 5.23. The quantitative estimate of drug-likeness (QED) is 0.908. The number of hydrogen-bond donors (Lipinski definition) is 1. The molecule has 2 heterocycles. The van der Waals surface area contributed by atoms with Gasteiger partial charge in [0, 0.05) is 38.9 Å². The van der Waals surface area contributed by atoms with Crippen molar-refractivity contribution >= 4 is 23.3 Å². The molecule has 136 valence electrons. The summed E-state index contributed by atoms with van der Waals surface area (Å²) in [6.45, 7) is 1.99. The van der Waals surface area contributed by atoms with E-state index in [0.717, 1.165) is 25.8 Å². The summed E-state index contributed by atoms with van der Waals surface area (Å²) < 4.78 is 10.7. The van der Waals surface area contributed by atoms with Crippen LogP contribution in [0.4, 0.5) is 16.2 Å². The lowest BCUT2D eigenvalue weighted by atomic mass is 10.1. The van der Waals surface area contributed by atoms with Crippen molar-refractivity contribution in [1.29, 1.82) is 0 Å². The maximum absolute atomic E-state index is 12.5. The summed E-state index contributed by atoms with van der Waals surface area (Å²) in [5.74, 6) is 0.714. The fourth-order valence-corrected chi connectivity index (χ4v) is 3.40. The van der Waals surface area contributed by atoms with E-state index in [1.165, 1.54) is 0 Å². The molecule has 3 amide bonds. The minimum absolute atomic E-state index is 0.0840. The molecule has 25 heavy (non-hydrogen) atoms. The van der Waals surface area contributed by atoms with Crippen LogP contribution in [0.5, 0.6) is 5.75 Å². The summed E-state index contributed by atoms with van der Waals surface area (Å²) in [7, 11) is 3.26. The van der Waals surface area contributed by atoms with Crippen LogP contribution in [0.1, 0.15) is 25.7 Å². The number of rotatable bonds is 4. The van der Waals surface area contributed by atoms with Crippen LogP contribution in [0, 0.1) is 0 Å². The van der Waals surface area contributed by atoms with E-state index in [1.807, 2.05) is 0 Å². The molecule has 0 spiro atoms. The first-order valence-corrected chi connectivity index (χ1v) is 8.69. The smallest absolute Gasteiger partial charge is 0.321 e. The van der Waals surface area contributed by atoms with Gasteiger partial charge in [0.15, 0.2) is 0 Å². The standard InChI is InChI=1S/C18H25N3O4/c1-24-14-5-3-9-20(12-14)18(23)19-13-7-8-16(25-2)15(11-13)21-10-4-6-17(21)22/h7-8,11,14H,3-6,9-10,12H2,1-2H3,(H,19,23)/t14-/m1/s1. The van der Waals surface area contributed by atoms with E-state index in [0.29, 0.717) is 36.6 Å². The highest BCUT2D eigenvalue weighted by Gasteiger charge is 2.26. The van der Waals surface area contributed by atoms with E-state index in [2.05, 4.69) is 5.32 Å². The number of benzene rings is 1. The predicted molar refractivity (Wildman–Crippen MR) is 95.2 cm³/mol. The van der Waals surface area contributed by atoms with Gasteiger partial charge in [-0.25, -0.2) is 4.79 Å². The second kappa shape index (κ2) is 7.74. The fourth-order valence-electron chi connectivity index (χ4n) is 3.40. The maximum atomic E-state index is 12.5. The number of anilines is 2. The zero-order valence-electron chi connectivity index (χ0n) is 14.8. The van der Waals surface area contributed by atoms with Crippen LogP contribution in [0.25, 0.3) is 0 Å². The molecule has 1 aromatic carbocycles. The Kier molecular flexibility index (Phi) is 5.43. The molecule has 2 fully saturated rings. The number of carbonyl (C=O) groups excluding carboxylic acids is 2. The average molecular weight is 347 g/mol. The van der Waals surface area contributed by atoms with Gasteiger partial charge >= 0.3 is 6.03 Å². The molecule has 7 nitrogen and oxygen atoms in total. The molecule has 2 saturated heterocycles. The summed E-state index contributed by atoms with van der Waals surface area (Å²) in [4.78, 5) is 28.1. The van der Waals surface area contributed by atoms with Crippen LogP contribution in [-0.2, 0) is 9.53 Å². The summed E-state index contributed by atoms with van der Waals surface area (Å²) in [5, 5.41) is 2.92. The SMILES string of the molecule is COc1ccc(NC(=O)N2CCC[C@@H](OC)C2)cc1N1CCCC1=O. The number of hydrogen-bond acceptors (Lipinski definition) is 4. The molecule has 7 heteroatoms. The number of ether oxygens (including phenoxy) is 2. The van der Waals surface area contributed by atoms with Crippen LogP contribution in [-0.4, -0.2) is 56.8 Å². The van der Waals surface area contributed by atoms with E-state index in [4.69, 9.17) is 9.47 Å². The van der Waals surface area contributed by atoms with Crippen molar-refractivity contribution in [2.45, 2.75) is 31.8 Å². The van der Waals surface area contributed by atoms with Gasteiger partial charge in [-0.3, -0.25) is 4.79 Å². The van der Waals surface area contributed by atoms with Crippen LogP contribution < -0.4 is 15.0 Å². The zero-order chi connectivity index (χ0) is 17.8. The molecule has 0 unspecified atom stereocenters. The highest BCUT2D eigenvalue weighted by molar-refractivity contribution is 5.98. The topological polar surface area (TPSA) is 71.1 Å². The van der Waals surface area contributed by atoms with Crippen molar-refractivity contribution in [3.63, 3.8) is 0 Å². The Morgan fingerprint density at radius 1 is 1.24 bits per heavy atom. The van der Waals surface area contributed by atoms with Crippen molar-refractivity contribution in [3.8, 4) is 5.75 Å². The number of urea groups is 1. The third-order valence-electron chi connectivity index (χ3n) is 4.79. The van der Waals surface area contributed by atoms with Gasteiger partial charge in [-0.1, -0.05) is 0 Å². The fraction of sp³-hybridized carbons (Fsp3) is 0.556. The summed E-state index contributed by atoms with van der Waals surface area (Å²) >= 11 is 0. The Morgan fingerprint density at radius 3 is 2.76 bits per heavy atom. The third kappa shape index (κ3) is 3.87. The highest BCUT2D eigenvalue weighted by Crippen LogP contribution is 2.34. The van der Waals surface area contributed by atoms with Crippen LogP contribution >= 0.6 is 0 Å². The molecular formula is C18H25N3O4. The normalized spacial score (nSPS) is 20.7. The average Bonchev–Trinajstić information content (AvgIpc) is 3.07. The van der Waals surface area contributed by atoms with Crippen LogP contribution in [0.3, 0.4) is 0 Å². The lowest BCUT2D eigenvalue weighted by Crippen LogP contribution is -2.44. The predicted octanol–water partition coefficient (Wildman–Crippen LogP) is 2.46. The molecular weight excluding hydrogens is 322 g/mol. The van der Waals surface area contributed by atoms with E-state index in [9.17, 15) is 9.59 Å². The molecule has 0 aromatic heterocycles. The Hall–Kier alpha value is -2.28. The monoisotopic (exact) mass is 347 g/mol.